The monoisotopic (exact) mass is 313 g/mol. The molecule has 0 amide bonds. The minimum Gasteiger partial charge on any atom is -0.250 e. The molecule has 3 nitrogen and oxygen atoms in total. The van der Waals surface area contributed by atoms with E-state index < -0.39 is 0 Å². The molecule has 1 aromatic rings. The van der Waals surface area contributed by atoms with Crippen molar-refractivity contribution in [1.82, 2.24) is 14.8 Å². The second-order valence-corrected chi connectivity index (χ2v) is 7.03. The van der Waals surface area contributed by atoms with Crippen LogP contribution in [-0.4, -0.2) is 19.6 Å². The van der Waals surface area contributed by atoms with Crippen LogP contribution in [0.3, 0.4) is 0 Å². The zero-order valence-electron chi connectivity index (χ0n) is 11.5. The first-order valence-corrected chi connectivity index (χ1v) is 8.09. The summed E-state index contributed by atoms with van der Waals surface area (Å²) in [6, 6.07) is 0. The highest BCUT2D eigenvalue weighted by atomic mass is 79.9. The second kappa shape index (κ2) is 6.69. The summed E-state index contributed by atoms with van der Waals surface area (Å²) in [6.07, 6.45) is 9.53. The number of aryl methyl sites for hydroxylation is 1. The van der Waals surface area contributed by atoms with Gasteiger partial charge in [-0.25, -0.2) is 9.67 Å². The smallest absolute Gasteiger partial charge is 0.138 e. The number of alkyl halides is 1. The molecule has 1 unspecified atom stereocenters. The highest BCUT2D eigenvalue weighted by Gasteiger charge is 2.23. The lowest BCUT2D eigenvalue weighted by atomic mass is 10.0. The molecule has 0 aliphatic heterocycles. The van der Waals surface area contributed by atoms with Crippen molar-refractivity contribution in [2.75, 3.05) is 0 Å². The molecular formula is C14H24BrN3. The minimum atomic E-state index is 0.625. The van der Waals surface area contributed by atoms with Gasteiger partial charge in [-0.1, -0.05) is 42.6 Å². The first kappa shape index (κ1) is 14.0. The summed E-state index contributed by atoms with van der Waals surface area (Å²) >= 11 is 3.87. The van der Waals surface area contributed by atoms with Crippen molar-refractivity contribution in [2.45, 2.75) is 63.7 Å². The Hall–Kier alpha value is -0.380. The number of nitrogens with zero attached hydrogens (tertiary/aromatic N) is 3. The van der Waals surface area contributed by atoms with Gasteiger partial charge in [-0.05, 0) is 31.1 Å². The van der Waals surface area contributed by atoms with E-state index in [4.69, 9.17) is 0 Å². The van der Waals surface area contributed by atoms with Gasteiger partial charge in [0, 0.05) is 17.8 Å². The Labute approximate surface area is 118 Å². The average molecular weight is 314 g/mol. The predicted octanol–water partition coefficient (Wildman–Crippen LogP) is 3.82. The largest absolute Gasteiger partial charge is 0.250 e. The van der Waals surface area contributed by atoms with E-state index in [-0.39, 0.29) is 0 Å². The molecule has 1 atom stereocenters. The van der Waals surface area contributed by atoms with Gasteiger partial charge in [0.1, 0.15) is 12.2 Å². The van der Waals surface area contributed by atoms with Crippen molar-refractivity contribution in [3.8, 4) is 0 Å². The Bertz CT molecular complexity index is 356. The normalized spacial score (nSPS) is 18.7. The first-order chi connectivity index (χ1) is 8.66. The number of rotatable bonds is 6. The standard InChI is InChI=1S/C14H24BrN3/c1-11(2)9-18-14(16-10-17-18)8-7-13(15)12-5-3-4-6-12/h10-13H,3-9H2,1-2H3. The van der Waals surface area contributed by atoms with Gasteiger partial charge in [-0.3, -0.25) is 0 Å². The van der Waals surface area contributed by atoms with E-state index in [0.29, 0.717) is 10.7 Å². The number of halogens is 1. The fraction of sp³-hybridized carbons (Fsp3) is 0.857. The van der Waals surface area contributed by atoms with E-state index in [1.807, 2.05) is 0 Å². The van der Waals surface area contributed by atoms with E-state index in [9.17, 15) is 0 Å². The lowest BCUT2D eigenvalue weighted by molar-refractivity contribution is 0.453. The van der Waals surface area contributed by atoms with Crippen LogP contribution >= 0.6 is 15.9 Å². The Kier molecular flexibility index (Phi) is 5.22. The van der Waals surface area contributed by atoms with Gasteiger partial charge in [0.05, 0.1) is 0 Å². The maximum absolute atomic E-state index is 4.40. The van der Waals surface area contributed by atoms with Crippen molar-refractivity contribution in [3.05, 3.63) is 12.2 Å². The van der Waals surface area contributed by atoms with Crippen molar-refractivity contribution in [1.29, 1.82) is 0 Å². The van der Waals surface area contributed by atoms with Gasteiger partial charge in [0.15, 0.2) is 0 Å². The third-order valence-corrected chi connectivity index (χ3v) is 4.99. The van der Waals surface area contributed by atoms with Gasteiger partial charge in [-0.15, -0.1) is 0 Å². The Balaban J connectivity index is 1.83. The van der Waals surface area contributed by atoms with Crippen molar-refractivity contribution < 1.29 is 0 Å². The molecule has 4 heteroatoms. The topological polar surface area (TPSA) is 30.7 Å². The molecular weight excluding hydrogens is 290 g/mol. The fourth-order valence-electron chi connectivity index (χ4n) is 2.80. The number of hydrogen-bond donors (Lipinski definition) is 0. The van der Waals surface area contributed by atoms with Crippen LogP contribution in [-0.2, 0) is 13.0 Å². The molecule has 0 saturated heterocycles. The third-order valence-electron chi connectivity index (χ3n) is 3.79. The summed E-state index contributed by atoms with van der Waals surface area (Å²) in [5, 5.41) is 4.32. The van der Waals surface area contributed by atoms with Crippen molar-refractivity contribution in [3.63, 3.8) is 0 Å². The molecule has 1 aliphatic rings. The molecule has 1 aromatic heterocycles. The summed E-state index contributed by atoms with van der Waals surface area (Å²) in [7, 11) is 0. The van der Waals surface area contributed by atoms with Crippen molar-refractivity contribution >= 4 is 15.9 Å². The van der Waals surface area contributed by atoms with Crippen LogP contribution in [0.4, 0.5) is 0 Å². The molecule has 0 bridgehead atoms. The van der Waals surface area contributed by atoms with E-state index in [2.05, 4.69) is 44.5 Å². The molecule has 18 heavy (non-hydrogen) atoms. The van der Waals surface area contributed by atoms with Gasteiger partial charge >= 0.3 is 0 Å². The minimum absolute atomic E-state index is 0.625. The summed E-state index contributed by atoms with van der Waals surface area (Å²) in [5.74, 6) is 2.65. The SMILES string of the molecule is CC(C)Cn1ncnc1CCC(Br)C1CCCC1. The van der Waals surface area contributed by atoms with Gasteiger partial charge < -0.3 is 0 Å². The maximum Gasteiger partial charge on any atom is 0.138 e. The molecule has 1 aliphatic carbocycles. The van der Waals surface area contributed by atoms with Crippen LogP contribution in [0.25, 0.3) is 0 Å². The fourth-order valence-corrected chi connectivity index (χ4v) is 3.56. The number of hydrogen-bond acceptors (Lipinski definition) is 2. The van der Waals surface area contributed by atoms with E-state index in [0.717, 1.165) is 24.7 Å². The Morgan fingerprint density at radius 3 is 2.78 bits per heavy atom. The predicted molar refractivity (Wildman–Crippen MR) is 77.9 cm³/mol. The lowest BCUT2D eigenvalue weighted by Gasteiger charge is -2.17. The Morgan fingerprint density at radius 1 is 1.39 bits per heavy atom. The third kappa shape index (κ3) is 3.81. The molecule has 0 aromatic carbocycles. The molecule has 1 heterocycles. The second-order valence-electron chi connectivity index (χ2n) is 5.85. The van der Waals surface area contributed by atoms with Gasteiger partial charge in [0.2, 0.25) is 0 Å². The summed E-state index contributed by atoms with van der Waals surface area (Å²) in [6.45, 7) is 5.42. The summed E-state index contributed by atoms with van der Waals surface area (Å²) < 4.78 is 2.07. The average Bonchev–Trinajstić information content (AvgIpc) is 2.95. The van der Waals surface area contributed by atoms with Crippen LogP contribution in [0.2, 0.25) is 0 Å². The highest BCUT2D eigenvalue weighted by molar-refractivity contribution is 9.09. The van der Waals surface area contributed by atoms with E-state index in [1.54, 1.807) is 6.33 Å². The van der Waals surface area contributed by atoms with Gasteiger partial charge in [0.25, 0.3) is 0 Å². The van der Waals surface area contributed by atoms with E-state index >= 15 is 0 Å². The molecule has 0 spiro atoms. The molecule has 102 valence electrons. The molecule has 0 N–H and O–H groups in total. The van der Waals surface area contributed by atoms with Crippen LogP contribution in [0.1, 0.15) is 51.8 Å². The lowest BCUT2D eigenvalue weighted by Crippen LogP contribution is -2.15. The van der Waals surface area contributed by atoms with Crippen LogP contribution in [0.5, 0.6) is 0 Å². The zero-order valence-corrected chi connectivity index (χ0v) is 13.1. The molecule has 2 rings (SSSR count). The molecule has 1 saturated carbocycles. The van der Waals surface area contributed by atoms with Gasteiger partial charge in [-0.2, -0.15) is 5.10 Å². The van der Waals surface area contributed by atoms with E-state index in [1.165, 1.54) is 32.1 Å². The molecule has 1 fully saturated rings. The first-order valence-electron chi connectivity index (χ1n) is 7.17. The quantitative estimate of drug-likeness (QED) is 0.747. The van der Waals surface area contributed by atoms with Crippen molar-refractivity contribution in [2.24, 2.45) is 11.8 Å². The summed E-state index contributed by atoms with van der Waals surface area (Å²) in [4.78, 5) is 5.06. The Morgan fingerprint density at radius 2 is 2.11 bits per heavy atom. The number of aromatic nitrogens is 3. The van der Waals surface area contributed by atoms with Crippen LogP contribution in [0, 0.1) is 11.8 Å². The van der Waals surface area contributed by atoms with Crippen LogP contribution in [0.15, 0.2) is 6.33 Å². The maximum atomic E-state index is 4.40. The highest BCUT2D eigenvalue weighted by Crippen LogP contribution is 2.33. The zero-order chi connectivity index (χ0) is 13.0. The summed E-state index contributed by atoms with van der Waals surface area (Å²) in [5.41, 5.74) is 0. The van der Waals surface area contributed by atoms with Crippen LogP contribution < -0.4 is 0 Å². The molecule has 0 radical (unpaired) electrons.